The van der Waals surface area contributed by atoms with Crippen molar-refractivity contribution in [2.75, 3.05) is 6.54 Å². The van der Waals surface area contributed by atoms with Crippen molar-refractivity contribution in [3.8, 4) is 0 Å². The van der Waals surface area contributed by atoms with E-state index in [1.165, 1.54) is 11.3 Å². The number of carbonyl (C=O) groups is 1. The van der Waals surface area contributed by atoms with Gasteiger partial charge in [-0.3, -0.25) is 4.79 Å². The Labute approximate surface area is 102 Å². The maximum atomic E-state index is 11.8. The molecule has 1 aliphatic carbocycles. The van der Waals surface area contributed by atoms with Gasteiger partial charge < -0.3 is 4.90 Å². The van der Waals surface area contributed by atoms with Gasteiger partial charge in [-0.05, 0) is 18.4 Å². The van der Waals surface area contributed by atoms with E-state index in [1.54, 1.807) is 0 Å². The molecular weight excluding hydrogens is 210 g/mol. The van der Waals surface area contributed by atoms with Gasteiger partial charge in [-0.2, -0.15) is 0 Å². The first-order valence-corrected chi connectivity index (χ1v) is 6.36. The number of allylic oxidation sites excluding steroid dienone is 2. The van der Waals surface area contributed by atoms with E-state index >= 15 is 0 Å². The van der Waals surface area contributed by atoms with Crippen molar-refractivity contribution in [3.05, 3.63) is 47.7 Å². The van der Waals surface area contributed by atoms with E-state index in [-0.39, 0.29) is 5.92 Å². The molecule has 2 nitrogen and oxygen atoms in total. The molecule has 88 valence electrons. The molecule has 0 spiro atoms. The van der Waals surface area contributed by atoms with Gasteiger partial charge in [0.05, 0.1) is 5.92 Å². The molecule has 0 bridgehead atoms. The number of rotatable bonds is 2. The van der Waals surface area contributed by atoms with Crippen molar-refractivity contribution in [1.29, 1.82) is 0 Å². The zero-order valence-corrected chi connectivity index (χ0v) is 9.93. The summed E-state index contributed by atoms with van der Waals surface area (Å²) in [7, 11) is 0. The minimum absolute atomic E-state index is 0.201. The third-order valence-corrected chi connectivity index (χ3v) is 3.76. The molecule has 0 N–H and O–H groups in total. The Morgan fingerprint density at radius 1 is 1.24 bits per heavy atom. The van der Waals surface area contributed by atoms with Crippen LogP contribution in [0.2, 0.25) is 0 Å². The Hall–Kier alpha value is -1.57. The first-order valence-electron chi connectivity index (χ1n) is 6.36. The predicted molar refractivity (Wildman–Crippen MR) is 67.3 cm³/mol. The number of likely N-dealkylation sites (tertiary alicyclic amines) is 1. The first-order chi connectivity index (χ1) is 8.34. The monoisotopic (exact) mass is 227 g/mol. The minimum Gasteiger partial charge on any atom is -0.370 e. The third kappa shape index (κ3) is 1.99. The maximum Gasteiger partial charge on any atom is 0.142 e. The average Bonchev–Trinajstić information content (AvgIpc) is 2.76. The Balaban J connectivity index is 1.78. The summed E-state index contributed by atoms with van der Waals surface area (Å²) in [5.74, 6) is 0.644. The van der Waals surface area contributed by atoms with Crippen molar-refractivity contribution in [2.45, 2.75) is 25.8 Å². The van der Waals surface area contributed by atoms with Crippen molar-refractivity contribution in [3.63, 3.8) is 0 Å². The summed E-state index contributed by atoms with van der Waals surface area (Å²) in [5.41, 5.74) is 2.61. The standard InChI is InChI=1S/C15H17NO/c17-15-8-4-7-14-13(15)9-10-16(14)11-12-5-2-1-3-6-12/h1-3,5-7,13H,4,8-11H2. The van der Waals surface area contributed by atoms with Gasteiger partial charge in [-0.1, -0.05) is 36.4 Å². The fourth-order valence-electron chi connectivity index (χ4n) is 2.89. The van der Waals surface area contributed by atoms with E-state index in [4.69, 9.17) is 0 Å². The average molecular weight is 227 g/mol. The number of ketones is 1. The lowest BCUT2D eigenvalue weighted by Gasteiger charge is -2.24. The number of fused-ring (bicyclic) bond motifs is 1. The SMILES string of the molecule is O=C1CCC=C2C1CCN2Cc1ccccc1. The van der Waals surface area contributed by atoms with Gasteiger partial charge in [0.1, 0.15) is 5.78 Å². The van der Waals surface area contributed by atoms with Crippen LogP contribution in [0.1, 0.15) is 24.8 Å². The predicted octanol–water partition coefficient (Wildman–Crippen LogP) is 2.76. The van der Waals surface area contributed by atoms with Gasteiger partial charge in [0.25, 0.3) is 0 Å². The summed E-state index contributed by atoms with van der Waals surface area (Å²) >= 11 is 0. The van der Waals surface area contributed by atoms with Crippen LogP contribution in [-0.2, 0) is 11.3 Å². The van der Waals surface area contributed by atoms with Crippen molar-refractivity contribution in [1.82, 2.24) is 4.90 Å². The molecule has 1 unspecified atom stereocenters. The van der Waals surface area contributed by atoms with Crippen LogP contribution in [0.25, 0.3) is 0 Å². The Morgan fingerprint density at radius 2 is 2.06 bits per heavy atom. The largest absolute Gasteiger partial charge is 0.370 e. The van der Waals surface area contributed by atoms with Crippen LogP contribution in [0, 0.1) is 5.92 Å². The van der Waals surface area contributed by atoms with Gasteiger partial charge in [-0.15, -0.1) is 0 Å². The molecule has 2 heteroatoms. The summed E-state index contributed by atoms with van der Waals surface area (Å²) in [6.07, 6.45) is 4.95. The first kappa shape index (κ1) is 10.6. The zero-order chi connectivity index (χ0) is 11.7. The Kier molecular flexibility index (Phi) is 2.71. The van der Waals surface area contributed by atoms with Crippen LogP contribution in [0.4, 0.5) is 0 Å². The highest BCUT2D eigenvalue weighted by molar-refractivity contribution is 5.85. The molecule has 0 saturated carbocycles. The number of carbonyl (C=O) groups excluding carboxylic acids is 1. The second-order valence-electron chi connectivity index (χ2n) is 4.88. The lowest BCUT2D eigenvalue weighted by Crippen LogP contribution is -2.23. The molecule has 17 heavy (non-hydrogen) atoms. The molecule has 0 amide bonds. The number of Topliss-reactive ketones (excluding diaryl/α,β-unsaturated/α-hetero) is 1. The molecular formula is C15H17NO. The Bertz CT molecular complexity index is 449. The van der Waals surface area contributed by atoms with Gasteiger partial charge >= 0.3 is 0 Å². The molecule has 1 fully saturated rings. The molecule has 3 rings (SSSR count). The molecule has 1 aliphatic heterocycles. The zero-order valence-electron chi connectivity index (χ0n) is 9.93. The van der Waals surface area contributed by atoms with Crippen LogP contribution in [0.15, 0.2) is 42.1 Å². The summed E-state index contributed by atoms with van der Waals surface area (Å²) in [6, 6.07) is 10.5. The highest BCUT2D eigenvalue weighted by Gasteiger charge is 2.34. The fourth-order valence-corrected chi connectivity index (χ4v) is 2.89. The molecule has 2 aliphatic rings. The van der Waals surface area contributed by atoms with Crippen LogP contribution < -0.4 is 0 Å². The van der Waals surface area contributed by atoms with Crippen LogP contribution in [0.5, 0.6) is 0 Å². The quantitative estimate of drug-likeness (QED) is 0.774. The van der Waals surface area contributed by atoms with Gasteiger partial charge in [0, 0.05) is 25.2 Å². The van der Waals surface area contributed by atoms with Crippen LogP contribution >= 0.6 is 0 Å². The topological polar surface area (TPSA) is 20.3 Å². The summed E-state index contributed by atoms with van der Waals surface area (Å²) in [5, 5.41) is 0. The van der Waals surface area contributed by atoms with E-state index in [9.17, 15) is 4.79 Å². The molecule has 0 radical (unpaired) electrons. The van der Waals surface area contributed by atoms with E-state index < -0.39 is 0 Å². The number of nitrogens with zero attached hydrogens (tertiary/aromatic N) is 1. The van der Waals surface area contributed by atoms with Crippen molar-refractivity contribution in [2.24, 2.45) is 5.92 Å². The van der Waals surface area contributed by atoms with Gasteiger partial charge in [-0.25, -0.2) is 0 Å². The molecule has 1 aromatic rings. The van der Waals surface area contributed by atoms with Crippen LogP contribution in [0.3, 0.4) is 0 Å². The van der Waals surface area contributed by atoms with E-state index in [0.29, 0.717) is 5.78 Å². The minimum atomic E-state index is 0.201. The maximum absolute atomic E-state index is 11.8. The Morgan fingerprint density at radius 3 is 2.88 bits per heavy atom. The number of hydrogen-bond acceptors (Lipinski definition) is 2. The summed E-state index contributed by atoms with van der Waals surface area (Å²) in [6.45, 7) is 1.97. The molecule has 1 heterocycles. The van der Waals surface area contributed by atoms with Crippen molar-refractivity contribution < 1.29 is 4.79 Å². The second-order valence-corrected chi connectivity index (χ2v) is 4.88. The molecule has 1 aromatic carbocycles. The summed E-state index contributed by atoms with van der Waals surface area (Å²) < 4.78 is 0. The van der Waals surface area contributed by atoms with E-state index in [0.717, 1.165) is 32.4 Å². The molecule has 1 atom stereocenters. The molecule has 1 saturated heterocycles. The van der Waals surface area contributed by atoms with Crippen molar-refractivity contribution >= 4 is 5.78 Å². The number of hydrogen-bond donors (Lipinski definition) is 0. The van der Waals surface area contributed by atoms with Crippen LogP contribution in [-0.4, -0.2) is 17.2 Å². The second kappa shape index (κ2) is 4.36. The van der Waals surface area contributed by atoms with E-state index in [1.807, 2.05) is 6.07 Å². The molecule has 0 aromatic heterocycles. The van der Waals surface area contributed by atoms with E-state index in [2.05, 4.69) is 35.2 Å². The lowest BCUT2D eigenvalue weighted by molar-refractivity contribution is -0.122. The normalized spacial score (nSPS) is 23.5. The summed E-state index contributed by atoms with van der Waals surface area (Å²) in [4.78, 5) is 14.2. The highest BCUT2D eigenvalue weighted by atomic mass is 16.1. The highest BCUT2D eigenvalue weighted by Crippen LogP contribution is 2.34. The number of benzene rings is 1. The van der Waals surface area contributed by atoms with Gasteiger partial charge in [0.15, 0.2) is 0 Å². The third-order valence-electron chi connectivity index (χ3n) is 3.76. The smallest absolute Gasteiger partial charge is 0.142 e. The lowest BCUT2D eigenvalue weighted by atomic mass is 9.91. The van der Waals surface area contributed by atoms with Gasteiger partial charge in [0.2, 0.25) is 0 Å². The fraction of sp³-hybridized carbons (Fsp3) is 0.400.